The number of rotatable bonds is 0. The fourth-order valence-electron chi connectivity index (χ4n) is 2.66. The Labute approximate surface area is 107 Å². The van der Waals surface area contributed by atoms with Gasteiger partial charge in [-0.2, -0.15) is 0 Å². The van der Waals surface area contributed by atoms with Crippen molar-refractivity contribution in [3.8, 4) is 0 Å². The van der Waals surface area contributed by atoms with E-state index in [9.17, 15) is 8.42 Å². The summed E-state index contributed by atoms with van der Waals surface area (Å²) in [6.07, 6.45) is 0. The first-order chi connectivity index (χ1) is 8.59. The summed E-state index contributed by atoms with van der Waals surface area (Å²) in [4.78, 5) is 0.480. The minimum absolute atomic E-state index is 0.102. The van der Waals surface area contributed by atoms with Crippen LogP contribution in [0, 0.1) is 0 Å². The fraction of sp³-hybridized carbons (Fsp3) is 0.200. The largest absolute Gasteiger partial charge is 0.223 e. The molecule has 3 rings (SSSR count). The molecular formula is C15H14O2S. The van der Waals surface area contributed by atoms with Crippen LogP contribution in [0.1, 0.15) is 29.5 Å². The highest BCUT2D eigenvalue weighted by atomic mass is 32.2. The third-order valence-corrected chi connectivity index (χ3v) is 5.32. The normalized spacial score (nSPS) is 20.6. The summed E-state index contributed by atoms with van der Waals surface area (Å²) in [7, 11) is -3.22. The molecule has 0 spiro atoms. The van der Waals surface area contributed by atoms with Crippen LogP contribution in [0.15, 0.2) is 53.4 Å². The lowest BCUT2D eigenvalue weighted by atomic mass is 9.90. The van der Waals surface area contributed by atoms with Crippen LogP contribution in [0.2, 0.25) is 0 Å². The van der Waals surface area contributed by atoms with Gasteiger partial charge < -0.3 is 0 Å². The fourth-order valence-corrected chi connectivity index (χ4v) is 4.38. The van der Waals surface area contributed by atoms with Crippen LogP contribution < -0.4 is 0 Å². The van der Waals surface area contributed by atoms with Gasteiger partial charge in [0.15, 0.2) is 9.84 Å². The van der Waals surface area contributed by atoms with Gasteiger partial charge in [-0.15, -0.1) is 0 Å². The summed E-state index contributed by atoms with van der Waals surface area (Å²) in [5.41, 5.74) is 2.94. The van der Waals surface area contributed by atoms with Crippen LogP contribution in [0.5, 0.6) is 0 Å². The number of benzene rings is 2. The summed E-state index contributed by atoms with van der Waals surface area (Å²) in [6, 6.07) is 15.1. The second kappa shape index (κ2) is 3.95. The van der Waals surface area contributed by atoms with Crippen molar-refractivity contribution >= 4 is 9.84 Å². The molecule has 0 bridgehead atoms. The zero-order valence-corrected chi connectivity index (χ0v) is 10.9. The quantitative estimate of drug-likeness (QED) is 0.727. The Morgan fingerprint density at radius 3 is 2.33 bits per heavy atom. The first kappa shape index (κ1) is 11.5. The van der Waals surface area contributed by atoms with Crippen molar-refractivity contribution in [1.82, 2.24) is 0 Å². The van der Waals surface area contributed by atoms with E-state index in [1.807, 2.05) is 36.4 Å². The van der Waals surface area contributed by atoms with Crippen LogP contribution in [-0.2, 0) is 15.6 Å². The molecule has 0 aromatic heterocycles. The van der Waals surface area contributed by atoms with E-state index in [0.29, 0.717) is 4.90 Å². The zero-order valence-electron chi connectivity index (χ0n) is 10.1. The van der Waals surface area contributed by atoms with Crippen LogP contribution in [0.4, 0.5) is 0 Å². The third-order valence-electron chi connectivity index (χ3n) is 3.59. The molecule has 2 aromatic rings. The number of hydrogen-bond acceptors (Lipinski definition) is 2. The van der Waals surface area contributed by atoms with Crippen molar-refractivity contribution in [2.24, 2.45) is 0 Å². The van der Waals surface area contributed by atoms with Gasteiger partial charge in [0.05, 0.1) is 10.6 Å². The second-order valence-corrected chi connectivity index (χ2v) is 6.68. The number of hydrogen-bond donors (Lipinski definition) is 0. The molecule has 1 aliphatic heterocycles. The van der Waals surface area contributed by atoms with Crippen molar-refractivity contribution in [1.29, 1.82) is 0 Å². The third kappa shape index (κ3) is 1.66. The van der Waals surface area contributed by atoms with Crippen molar-refractivity contribution in [3.63, 3.8) is 0 Å². The molecule has 1 heterocycles. The molecule has 3 heteroatoms. The summed E-state index contributed by atoms with van der Waals surface area (Å²) in [5.74, 6) is 0.222. The highest BCUT2D eigenvalue weighted by Gasteiger charge is 2.28. The van der Waals surface area contributed by atoms with Gasteiger partial charge in [-0.1, -0.05) is 49.4 Å². The van der Waals surface area contributed by atoms with Crippen LogP contribution in [-0.4, -0.2) is 8.42 Å². The lowest BCUT2D eigenvalue weighted by Crippen LogP contribution is -2.05. The smallest absolute Gasteiger partial charge is 0.182 e. The number of fused-ring (bicyclic) bond motifs is 2. The average molecular weight is 258 g/mol. The summed E-state index contributed by atoms with van der Waals surface area (Å²) >= 11 is 0. The Balaban J connectivity index is 2.35. The van der Waals surface area contributed by atoms with Crippen molar-refractivity contribution in [2.75, 3.05) is 0 Å². The molecule has 0 amide bonds. The van der Waals surface area contributed by atoms with Gasteiger partial charge in [-0.05, 0) is 22.8 Å². The molecule has 1 atom stereocenters. The van der Waals surface area contributed by atoms with Gasteiger partial charge in [0.1, 0.15) is 0 Å². The molecule has 2 aromatic carbocycles. The number of sulfone groups is 1. The molecule has 0 aliphatic carbocycles. The molecule has 0 saturated heterocycles. The van der Waals surface area contributed by atoms with Crippen LogP contribution in [0.25, 0.3) is 0 Å². The van der Waals surface area contributed by atoms with Crippen LogP contribution >= 0.6 is 0 Å². The highest BCUT2D eigenvalue weighted by Crippen LogP contribution is 2.36. The minimum atomic E-state index is -3.22. The van der Waals surface area contributed by atoms with Gasteiger partial charge >= 0.3 is 0 Å². The molecule has 1 unspecified atom stereocenters. The predicted molar refractivity (Wildman–Crippen MR) is 71.3 cm³/mol. The van der Waals surface area contributed by atoms with Gasteiger partial charge in [0.2, 0.25) is 0 Å². The predicted octanol–water partition coefficient (Wildman–Crippen LogP) is 3.13. The van der Waals surface area contributed by atoms with E-state index in [1.165, 1.54) is 0 Å². The maximum atomic E-state index is 12.4. The summed E-state index contributed by atoms with van der Waals surface area (Å²) < 4.78 is 24.8. The molecule has 18 heavy (non-hydrogen) atoms. The summed E-state index contributed by atoms with van der Waals surface area (Å²) in [5, 5.41) is 0. The van der Waals surface area contributed by atoms with Gasteiger partial charge in [0.25, 0.3) is 0 Å². The lowest BCUT2D eigenvalue weighted by molar-refractivity contribution is 0.595. The molecule has 2 nitrogen and oxygen atoms in total. The minimum Gasteiger partial charge on any atom is -0.223 e. The van der Waals surface area contributed by atoms with Crippen LogP contribution in [0.3, 0.4) is 0 Å². The zero-order chi connectivity index (χ0) is 12.8. The topological polar surface area (TPSA) is 34.1 Å². The van der Waals surface area contributed by atoms with Gasteiger partial charge in [-0.25, -0.2) is 8.42 Å². The Morgan fingerprint density at radius 2 is 1.56 bits per heavy atom. The van der Waals surface area contributed by atoms with E-state index in [4.69, 9.17) is 0 Å². The molecule has 0 N–H and O–H groups in total. The average Bonchev–Trinajstić information content (AvgIpc) is 2.45. The molecule has 0 fully saturated rings. The molecular weight excluding hydrogens is 244 g/mol. The van der Waals surface area contributed by atoms with Crippen molar-refractivity contribution < 1.29 is 8.42 Å². The second-order valence-electron chi connectivity index (χ2n) is 4.72. The molecule has 1 aliphatic rings. The maximum absolute atomic E-state index is 12.4. The van der Waals surface area contributed by atoms with E-state index in [2.05, 4.69) is 6.92 Å². The molecule has 0 saturated carbocycles. The molecule has 0 radical (unpaired) electrons. The Kier molecular flexibility index (Phi) is 2.52. The first-order valence-corrected chi connectivity index (χ1v) is 7.64. The van der Waals surface area contributed by atoms with E-state index in [1.54, 1.807) is 12.1 Å². The van der Waals surface area contributed by atoms with E-state index in [0.717, 1.165) is 16.7 Å². The van der Waals surface area contributed by atoms with E-state index < -0.39 is 9.84 Å². The Morgan fingerprint density at radius 1 is 0.944 bits per heavy atom. The SMILES string of the molecule is CC1c2ccccc2CS(=O)(=O)c2ccccc21. The Bertz CT molecular complexity index is 702. The maximum Gasteiger partial charge on any atom is 0.182 e. The lowest BCUT2D eigenvalue weighted by Gasteiger charge is -2.13. The molecule has 92 valence electrons. The van der Waals surface area contributed by atoms with E-state index >= 15 is 0 Å². The van der Waals surface area contributed by atoms with Crippen molar-refractivity contribution in [3.05, 3.63) is 65.2 Å². The standard InChI is InChI=1S/C15H14O2S/c1-11-13-7-3-2-6-12(13)10-18(16,17)15-9-5-4-8-14(11)15/h2-9,11H,10H2,1H3. The summed E-state index contributed by atoms with van der Waals surface area (Å²) in [6.45, 7) is 2.07. The van der Waals surface area contributed by atoms with Gasteiger partial charge in [0, 0.05) is 5.92 Å². The van der Waals surface area contributed by atoms with Crippen molar-refractivity contribution in [2.45, 2.75) is 23.5 Å². The highest BCUT2D eigenvalue weighted by molar-refractivity contribution is 7.90. The van der Waals surface area contributed by atoms with E-state index in [-0.39, 0.29) is 11.7 Å². The van der Waals surface area contributed by atoms with Gasteiger partial charge in [-0.3, -0.25) is 0 Å². The Hall–Kier alpha value is -1.61. The monoisotopic (exact) mass is 258 g/mol. The first-order valence-electron chi connectivity index (χ1n) is 5.99.